The Morgan fingerprint density at radius 1 is 1.17 bits per heavy atom. The zero-order valence-corrected chi connectivity index (χ0v) is 14.9. The smallest absolute Gasteiger partial charge is 0.281 e. The van der Waals surface area contributed by atoms with Crippen molar-refractivity contribution >= 4 is 21.0 Å². The van der Waals surface area contributed by atoms with E-state index >= 15 is 0 Å². The van der Waals surface area contributed by atoms with Crippen LogP contribution in [0.3, 0.4) is 0 Å². The summed E-state index contributed by atoms with van der Waals surface area (Å²) >= 11 is 0. The maximum absolute atomic E-state index is 12.3. The largest absolute Gasteiger partial charge is 0.497 e. The Balaban J connectivity index is 1.87. The average Bonchev–Trinajstić information content (AvgIpc) is 2.60. The molecule has 1 aliphatic heterocycles. The maximum Gasteiger partial charge on any atom is 0.281 e. The summed E-state index contributed by atoms with van der Waals surface area (Å²) in [5.41, 5.74) is 0.978. The van der Waals surface area contributed by atoms with Gasteiger partial charge in [0.15, 0.2) is 0 Å². The second kappa shape index (κ2) is 6.68. The van der Waals surface area contributed by atoms with E-state index in [2.05, 4.69) is 0 Å². The number of ether oxygens (including phenoxy) is 2. The molecule has 3 rings (SSSR count). The van der Waals surface area contributed by atoms with E-state index in [0.717, 1.165) is 22.1 Å². The van der Waals surface area contributed by atoms with Crippen LogP contribution in [0.4, 0.5) is 0 Å². The first kappa shape index (κ1) is 17.2. The molecular weight excluding hydrogens is 328 g/mol. The highest BCUT2D eigenvalue weighted by Crippen LogP contribution is 2.28. The topological polar surface area (TPSA) is 59.1 Å². The van der Waals surface area contributed by atoms with E-state index in [1.165, 1.54) is 8.61 Å². The zero-order valence-electron chi connectivity index (χ0n) is 14.1. The molecule has 0 aromatic heterocycles. The lowest BCUT2D eigenvalue weighted by molar-refractivity contribution is -0.00379. The first-order valence-electron chi connectivity index (χ1n) is 7.79. The van der Waals surface area contributed by atoms with Crippen LogP contribution in [0, 0.1) is 0 Å². The van der Waals surface area contributed by atoms with E-state index < -0.39 is 10.2 Å². The molecule has 1 unspecified atom stereocenters. The molecule has 130 valence electrons. The molecule has 1 aliphatic rings. The highest BCUT2D eigenvalue weighted by molar-refractivity contribution is 7.86. The van der Waals surface area contributed by atoms with Crippen LogP contribution in [0.2, 0.25) is 0 Å². The van der Waals surface area contributed by atoms with E-state index in [-0.39, 0.29) is 6.10 Å². The summed E-state index contributed by atoms with van der Waals surface area (Å²) in [7, 11) is 1.31. The van der Waals surface area contributed by atoms with Gasteiger partial charge in [-0.25, -0.2) is 0 Å². The van der Waals surface area contributed by atoms with Gasteiger partial charge < -0.3 is 9.47 Å². The zero-order chi connectivity index (χ0) is 17.3. The molecule has 0 bridgehead atoms. The van der Waals surface area contributed by atoms with Crippen LogP contribution in [0.15, 0.2) is 36.4 Å². The van der Waals surface area contributed by atoms with E-state index in [0.29, 0.717) is 19.7 Å². The molecule has 24 heavy (non-hydrogen) atoms. The van der Waals surface area contributed by atoms with Crippen molar-refractivity contribution in [2.24, 2.45) is 0 Å². The van der Waals surface area contributed by atoms with Crippen molar-refractivity contribution < 1.29 is 17.9 Å². The lowest BCUT2D eigenvalue weighted by atomic mass is 10.0. The minimum atomic E-state index is -3.42. The number of rotatable bonds is 4. The fraction of sp³-hybridized carbons (Fsp3) is 0.412. The SMILES string of the molecule is COc1ccc2cc(C3CN(S(=O)(=O)N(C)C)CCO3)ccc2c1. The van der Waals surface area contributed by atoms with Crippen molar-refractivity contribution in [3.63, 3.8) is 0 Å². The van der Waals surface area contributed by atoms with Gasteiger partial charge in [-0.15, -0.1) is 0 Å². The summed E-state index contributed by atoms with van der Waals surface area (Å²) in [6.07, 6.45) is -0.264. The lowest BCUT2D eigenvalue weighted by Crippen LogP contribution is -2.47. The van der Waals surface area contributed by atoms with E-state index in [4.69, 9.17) is 9.47 Å². The number of nitrogens with zero attached hydrogens (tertiary/aromatic N) is 2. The van der Waals surface area contributed by atoms with Gasteiger partial charge in [0.1, 0.15) is 5.75 Å². The molecule has 0 radical (unpaired) electrons. The molecule has 0 N–H and O–H groups in total. The van der Waals surface area contributed by atoms with Crippen molar-refractivity contribution in [3.8, 4) is 5.75 Å². The predicted molar refractivity (Wildman–Crippen MR) is 93.4 cm³/mol. The van der Waals surface area contributed by atoms with Gasteiger partial charge in [0, 0.05) is 27.2 Å². The Kier molecular flexibility index (Phi) is 4.78. The van der Waals surface area contributed by atoms with Crippen molar-refractivity contribution in [2.45, 2.75) is 6.10 Å². The van der Waals surface area contributed by atoms with Gasteiger partial charge in [-0.3, -0.25) is 0 Å². The summed E-state index contributed by atoms with van der Waals surface area (Å²) in [6.45, 7) is 1.09. The molecule has 0 spiro atoms. The average molecular weight is 350 g/mol. The van der Waals surface area contributed by atoms with Crippen LogP contribution in [-0.2, 0) is 14.9 Å². The Labute approximate surface area is 142 Å². The monoisotopic (exact) mass is 350 g/mol. The number of morpholine rings is 1. The normalized spacial score (nSPS) is 19.8. The molecule has 1 fully saturated rings. The maximum atomic E-state index is 12.3. The van der Waals surface area contributed by atoms with Gasteiger partial charge in [-0.2, -0.15) is 17.0 Å². The molecule has 0 saturated carbocycles. The van der Waals surface area contributed by atoms with Gasteiger partial charge in [0.25, 0.3) is 10.2 Å². The third-order valence-corrected chi connectivity index (χ3v) is 6.17. The first-order chi connectivity index (χ1) is 11.4. The molecule has 0 amide bonds. The highest BCUT2D eigenvalue weighted by atomic mass is 32.2. The number of hydrogen-bond donors (Lipinski definition) is 0. The van der Waals surface area contributed by atoms with Gasteiger partial charge in [0.05, 0.1) is 19.8 Å². The van der Waals surface area contributed by atoms with Gasteiger partial charge >= 0.3 is 0 Å². The van der Waals surface area contributed by atoms with E-state index in [1.54, 1.807) is 21.2 Å². The molecular formula is C17H22N2O4S. The Morgan fingerprint density at radius 2 is 1.88 bits per heavy atom. The molecule has 1 atom stereocenters. The van der Waals surface area contributed by atoms with Crippen LogP contribution in [-0.4, -0.2) is 57.9 Å². The van der Waals surface area contributed by atoms with Crippen molar-refractivity contribution in [2.75, 3.05) is 40.9 Å². The van der Waals surface area contributed by atoms with Crippen molar-refractivity contribution in [1.29, 1.82) is 0 Å². The van der Waals surface area contributed by atoms with Crippen molar-refractivity contribution in [3.05, 3.63) is 42.0 Å². The molecule has 7 heteroatoms. The Hall–Kier alpha value is -1.67. The minimum absolute atomic E-state index is 0.264. The number of hydrogen-bond acceptors (Lipinski definition) is 4. The number of benzene rings is 2. The first-order valence-corrected chi connectivity index (χ1v) is 9.18. The van der Waals surface area contributed by atoms with Gasteiger partial charge in [0.2, 0.25) is 0 Å². The van der Waals surface area contributed by atoms with Crippen molar-refractivity contribution in [1.82, 2.24) is 8.61 Å². The van der Waals surface area contributed by atoms with Crippen LogP contribution in [0.1, 0.15) is 11.7 Å². The van der Waals surface area contributed by atoms with Gasteiger partial charge in [-0.1, -0.05) is 18.2 Å². The molecule has 2 aromatic rings. The predicted octanol–water partition coefficient (Wildman–Crippen LogP) is 2.03. The fourth-order valence-electron chi connectivity index (χ4n) is 2.84. The van der Waals surface area contributed by atoms with Crippen LogP contribution >= 0.6 is 0 Å². The quantitative estimate of drug-likeness (QED) is 0.847. The summed E-state index contributed by atoms with van der Waals surface area (Å²) in [6, 6.07) is 11.9. The van der Waals surface area contributed by atoms with Crippen LogP contribution in [0.25, 0.3) is 10.8 Å². The summed E-state index contributed by atoms with van der Waals surface area (Å²) in [5.74, 6) is 0.812. The summed E-state index contributed by atoms with van der Waals surface area (Å²) < 4.78 is 38.4. The second-order valence-corrected chi connectivity index (χ2v) is 8.12. The fourth-order valence-corrected chi connectivity index (χ4v) is 3.93. The van der Waals surface area contributed by atoms with Gasteiger partial charge in [-0.05, 0) is 34.5 Å². The molecule has 2 aromatic carbocycles. The minimum Gasteiger partial charge on any atom is -0.497 e. The van der Waals surface area contributed by atoms with E-state index in [1.807, 2.05) is 36.4 Å². The molecule has 0 aliphatic carbocycles. The standard InChI is InChI=1S/C17H22N2O4S/c1-18(2)24(20,21)19-8-9-23-17(12-19)15-5-4-14-11-16(22-3)7-6-13(14)10-15/h4-7,10-11,17H,8-9,12H2,1-3H3. The highest BCUT2D eigenvalue weighted by Gasteiger charge is 2.31. The molecule has 6 nitrogen and oxygen atoms in total. The van der Waals surface area contributed by atoms with E-state index in [9.17, 15) is 8.42 Å². The number of fused-ring (bicyclic) bond motifs is 1. The summed E-state index contributed by atoms with van der Waals surface area (Å²) in [4.78, 5) is 0. The Morgan fingerprint density at radius 3 is 2.58 bits per heavy atom. The third kappa shape index (κ3) is 3.25. The molecule has 1 saturated heterocycles. The second-order valence-electron chi connectivity index (χ2n) is 5.98. The lowest BCUT2D eigenvalue weighted by Gasteiger charge is -2.33. The van der Waals surface area contributed by atoms with Crippen LogP contribution < -0.4 is 4.74 Å². The number of methoxy groups -OCH3 is 1. The molecule has 1 heterocycles. The third-order valence-electron chi connectivity index (χ3n) is 4.26. The summed E-state index contributed by atoms with van der Waals surface area (Å²) in [5, 5.41) is 2.15. The van der Waals surface area contributed by atoms with Crippen LogP contribution in [0.5, 0.6) is 5.75 Å². The Bertz CT molecular complexity index is 836.